The first kappa shape index (κ1) is 118. The van der Waals surface area contributed by atoms with Crippen molar-refractivity contribution in [2.75, 3.05) is 149 Å². The van der Waals surface area contributed by atoms with Gasteiger partial charge in [0.1, 0.15) is 72.7 Å². The second-order valence-corrected chi connectivity index (χ2v) is 47.6. The molecule has 8 aromatic carbocycles. The van der Waals surface area contributed by atoms with Crippen LogP contribution >= 0.6 is 47.0 Å². The van der Waals surface area contributed by atoms with Crippen molar-refractivity contribution >= 4 is 156 Å². The summed E-state index contributed by atoms with van der Waals surface area (Å²) in [6, 6.07) is 37.2. The van der Waals surface area contributed by atoms with Crippen LogP contribution in [-0.2, 0) is 77.5 Å². The molecule has 144 heavy (non-hydrogen) atoms. The zero-order chi connectivity index (χ0) is 106. The Morgan fingerprint density at radius 2 is 0.486 bits per heavy atom. The van der Waals surface area contributed by atoms with Gasteiger partial charge in [-0.2, -0.15) is 0 Å². The third-order valence-corrected chi connectivity index (χ3v) is 37.7. The lowest BCUT2D eigenvalue weighted by Crippen LogP contribution is -2.37. The Morgan fingerprint density at radius 3 is 0.632 bits per heavy atom. The highest BCUT2D eigenvalue weighted by Crippen LogP contribution is 2.54. The molecule has 4 N–H and O–H groups in total. The summed E-state index contributed by atoms with van der Waals surface area (Å²) in [7, 11) is -10.3. The van der Waals surface area contributed by atoms with E-state index in [4.69, 9.17) is 18.9 Å². The average Bonchev–Trinajstić information content (AvgIpc) is 1.60. The van der Waals surface area contributed by atoms with Crippen molar-refractivity contribution in [1.82, 2.24) is 0 Å². The van der Waals surface area contributed by atoms with E-state index in [0.717, 1.165) is 105 Å². The van der Waals surface area contributed by atoms with Gasteiger partial charge in [0, 0.05) is 94.9 Å². The molecule has 8 aromatic rings. The monoisotopic (exact) mass is 2160 g/mol. The Bertz CT molecular complexity index is 5430. The minimum Gasteiger partial charge on any atom is -0.489 e. The molecule has 0 radical (unpaired) electrons. The molecule has 4 heterocycles. The van der Waals surface area contributed by atoms with E-state index in [2.05, 4.69) is 46.6 Å². The number of nitrogens with zero attached hydrogens (tertiary/aromatic N) is 4. The standard InChI is InChI=1S/4C26H34FNO6S2/c4*1-5-7-12-26(6-2)16-28(19-10-8-18(27)9-11-19)20-13-23(35-4)22(14-24(20)36(31,32)17-26)34-15-21(29)25(30)33-3/h4*8-11,13-14,21,29H,5-7,12,15-17H2,1-4H3/t2*21-,26+;2*21-,26-/m1010/s1. The highest BCUT2D eigenvalue weighted by Gasteiger charge is 2.48. The summed E-state index contributed by atoms with van der Waals surface area (Å²) in [5, 5.41) is 39.8. The Labute approximate surface area is 862 Å². The number of carbonyl (C=O) groups is 4. The van der Waals surface area contributed by atoms with Crippen LogP contribution in [-0.4, -0.2) is 231 Å². The van der Waals surface area contributed by atoms with Crippen molar-refractivity contribution in [3.63, 3.8) is 0 Å². The van der Waals surface area contributed by atoms with Gasteiger partial charge in [0.15, 0.2) is 63.8 Å². The Hall–Kier alpha value is -9.20. The van der Waals surface area contributed by atoms with Gasteiger partial charge in [-0.1, -0.05) is 107 Å². The molecule has 0 unspecified atom stereocenters. The molecule has 8 atom stereocenters. The number of aliphatic hydroxyl groups is 4. The number of hydrogen-bond acceptors (Lipinski definition) is 32. The second-order valence-electron chi connectivity index (χ2n) is 36.4. The maximum Gasteiger partial charge on any atom is 0.338 e. The number of esters is 4. The molecular formula is C104H136F4N4O24S8. The largest absolute Gasteiger partial charge is 0.489 e. The average molecular weight is 2160 g/mol. The van der Waals surface area contributed by atoms with E-state index in [-0.39, 0.29) is 115 Å². The van der Waals surface area contributed by atoms with E-state index in [1.54, 1.807) is 72.8 Å². The molecule has 12 rings (SSSR count). The topological polar surface area (TPSA) is 373 Å². The number of hydrogen-bond donors (Lipinski definition) is 4. The number of methoxy groups -OCH3 is 4. The number of rotatable bonds is 40. The number of fused-ring (bicyclic) bond motifs is 4. The van der Waals surface area contributed by atoms with Crippen LogP contribution in [0.4, 0.5) is 63.1 Å². The van der Waals surface area contributed by atoms with E-state index < -0.39 is 109 Å². The Morgan fingerprint density at radius 1 is 0.312 bits per heavy atom. The predicted molar refractivity (Wildman–Crippen MR) is 558 cm³/mol. The zero-order valence-electron chi connectivity index (χ0n) is 84.5. The first-order valence-corrected chi connectivity index (χ1v) is 59.3. The molecule has 0 aromatic heterocycles. The number of anilines is 8. The third kappa shape index (κ3) is 29.7. The maximum atomic E-state index is 13.8. The minimum atomic E-state index is -3.74. The van der Waals surface area contributed by atoms with Crippen LogP contribution in [0.1, 0.15) is 158 Å². The summed E-state index contributed by atoms with van der Waals surface area (Å²) in [6.45, 7) is 16.7. The van der Waals surface area contributed by atoms with Crippen molar-refractivity contribution in [2.45, 2.75) is 222 Å². The predicted octanol–water partition coefficient (Wildman–Crippen LogP) is 19.9. The molecule has 0 aliphatic carbocycles. The van der Waals surface area contributed by atoms with Gasteiger partial charge in [-0.05, 0) is 198 Å². The number of ether oxygens (including phenoxy) is 8. The zero-order valence-corrected chi connectivity index (χ0v) is 91.0. The first-order valence-electron chi connectivity index (χ1n) is 47.8. The molecule has 0 saturated carbocycles. The Balaban J connectivity index is 0.000000214. The molecular weight excluding hydrogens is 2020 g/mol. The first-order chi connectivity index (χ1) is 68.4. The number of benzene rings is 8. The third-order valence-electron chi connectivity index (χ3n) is 26.7. The Kier molecular flexibility index (Phi) is 43.6. The van der Waals surface area contributed by atoms with Gasteiger partial charge in [-0.25, -0.2) is 70.4 Å². The summed E-state index contributed by atoms with van der Waals surface area (Å²) < 4.78 is 207. The maximum absolute atomic E-state index is 13.8. The second kappa shape index (κ2) is 53.1. The normalized spacial score (nSPS) is 19.8. The summed E-state index contributed by atoms with van der Waals surface area (Å²) in [6.07, 6.45) is 14.3. The molecule has 0 saturated heterocycles. The van der Waals surface area contributed by atoms with Gasteiger partial charge < -0.3 is 77.9 Å². The van der Waals surface area contributed by atoms with Gasteiger partial charge in [-0.3, -0.25) is 0 Å². The fourth-order valence-electron chi connectivity index (χ4n) is 18.1. The molecule has 0 amide bonds. The minimum absolute atomic E-state index is 0.0238. The quantitative estimate of drug-likeness (QED) is 0.0120. The van der Waals surface area contributed by atoms with E-state index in [1.807, 2.05) is 72.3 Å². The molecule has 792 valence electrons. The van der Waals surface area contributed by atoms with Gasteiger partial charge >= 0.3 is 23.9 Å². The van der Waals surface area contributed by atoms with Gasteiger partial charge in [0.2, 0.25) is 0 Å². The summed E-state index contributed by atoms with van der Waals surface area (Å²) in [5.41, 5.74) is 2.81. The summed E-state index contributed by atoms with van der Waals surface area (Å²) in [4.78, 5) is 57.3. The molecule has 4 aliphatic heterocycles. The number of sulfone groups is 4. The van der Waals surface area contributed by atoms with Crippen LogP contribution in [0.15, 0.2) is 185 Å². The fourth-order valence-corrected chi connectivity index (χ4v) is 29.0. The molecule has 0 bridgehead atoms. The summed E-state index contributed by atoms with van der Waals surface area (Å²) in [5.74, 6) is -3.91. The fraction of sp³-hybridized carbons (Fsp3) is 0.500. The van der Waals surface area contributed by atoms with E-state index in [1.165, 1.54) is 120 Å². The number of thioether (sulfide) groups is 4. The van der Waals surface area contributed by atoms with Crippen molar-refractivity contribution in [2.24, 2.45) is 21.7 Å². The van der Waals surface area contributed by atoms with E-state index in [9.17, 15) is 90.8 Å². The molecule has 0 fully saturated rings. The number of halogens is 4. The van der Waals surface area contributed by atoms with Crippen LogP contribution in [0.5, 0.6) is 23.0 Å². The highest BCUT2D eigenvalue weighted by atomic mass is 32.2. The molecule has 0 spiro atoms. The molecule has 4 aliphatic rings. The molecule has 40 heteroatoms. The lowest BCUT2D eigenvalue weighted by Gasteiger charge is -2.36. The number of aliphatic hydroxyl groups excluding tert-OH is 4. The van der Waals surface area contributed by atoms with Crippen molar-refractivity contribution in [1.29, 1.82) is 0 Å². The summed E-state index contributed by atoms with van der Waals surface area (Å²) >= 11 is 5.42. The van der Waals surface area contributed by atoms with E-state index in [0.29, 0.717) is 117 Å². The van der Waals surface area contributed by atoms with Crippen molar-refractivity contribution in [3.05, 3.63) is 169 Å². The number of unbranched alkanes of at least 4 members (excludes halogenated alkanes) is 4. The van der Waals surface area contributed by atoms with Crippen molar-refractivity contribution < 1.29 is 129 Å². The SMILES string of the molecule is CCCC[C@@]1(CC)CN(c2ccc(F)cc2)c2cc(SC)c(OC[C@@H](O)C(=O)OC)cc2S(=O)(=O)C1.CCCC[C@@]1(CC)CN(c2ccc(F)cc2)c2cc(SC)c(OC[C@H](O)C(=O)OC)cc2S(=O)(=O)C1.CCCC[C@]1(CC)CN(c2ccc(F)cc2)c2cc(SC)c(OC[C@@H](O)C(=O)OC)cc2S(=O)(=O)C1.CCCC[C@]1(CC)CN(c2ccc(F)cc2)c2cc(SC)c(OC[C@H](O)C(=O)OC)cc2S(=O)(=O)C1. The van der Waals surface area contributed by atoms with Crippen LogP contribution in [0.2, 0.25) is 0 Å². The highest BCUT2D eigenvalue weighted by molar-refractivity contribution is 7.99. The smallest absolute Gasteiger partial charge is 0.338 e. The number of carbonyl (C=O) groups excluding carboxylic acids is 4. The van der Waals surface area contributed by atoms with Crippen molar-refractivity contribution in [3.8, 4) is 23.0 Å². The van der Waals surface area contributed by atoms with Crippen LogP contribution in [0.25, 0.3) is 0 Å². The van der Waals surface area contributed by atoms with Crippen LogP contribution < -0.4 is 38.5 Å². The van der Waals surface area contributed by atoms with Gasteiger partial charge in [0.25, 0.3) is 0 Å². The van der Waals surface area contributed by atoms with Gasteiger partial charge in [0.05, 0.1) is 113 Å². The van der Waals surface area contributed by atoms with Gasteiger partial charge in [-0.15, -0.1) is 47.0 Å². The van der Waals surface area contributed by atoms with Crippen LogP contribution in [0.3, 0.4) is 0 Å². The lowest BCUT2D eigenvalue weighted by atomic mass is 9.81. The van der Waals surface area contributed by atoms with E-state index >= 15 is 0 Å². The van der Waals surface area contributed by atoms with Crippen LogP contribution in [0, 0.1) is 44.9 Å². The molecule has 28 nitrogen and oxygen atoms in total. The lowest BCUT2D eigenvalue weighted by molar-refractivity contribution is -0.152.